The van der Waals surface area contributed by atoms with E-state index in [1.807, 2.05) is 0 Å². The summed E-state index contributed by atoms with van der Waals surface area (Å²) in [6.45, 7) is 16.1. The van der Waals surface area contributed by atoms with Crippen LogP contribution in [-0.2, 0) is 0 Å². The van der Waals surface area contributed by atoms with E-state index in [1.54, 1.807) is 0 Å². The van der Waals surface area contributed by atoms with Crippen molar-refractivity contribution in [3.05, 3.63) is 0 Å². The molecule has 0 aliphatic rings. The monoisotopic (exact) mass is 185 g/mol. The molecular weight excluding hydrogens is 158 g/mol. The van der Waals surface area contributed by atoms with Gasteiger partial charge < -0.3 is 0 Å². The molecule has 0 heterocycles. The van der Waals surface area contributed by atoms with Crippen molar-refractivity contribution in [2.24, 2.45) is 5.92 Å². The van der Waals surface area contributed by atoms with E-state index in [-0.39, 0.29) is 0 Å². The predicted molar refractivity (Wildman–Crippen MR) is 61.0 cm³/mol. The molecule has 0 rings (SSSR count). The van der Waals surface area contributed by atoms with Gasteiger partial charge in [0, 0.05) is 18.1 Å². The maximum atomic E-state index is 2.63. The summed E-state index contributed by atoms with van der Waals surface area (Å²) in [4.78, 5) is 2.63. The topological polar surface area (TPSA) is 3.24 Å². The standard InChI is InChI=1S/C12H27N/c1-8-12(9(2)3)13(10(4)5)11(6)7/h9-12H,8H2,1-7H3. The van der Waals surface area contributed by atoms with Crippen LogP contribution in [0.4, 0.5) is 0 Å². The summed E-state index contributed by atoms with van der Waals surface area (Å²) in [5.41, 5.74) is 0. The van der Waals surface area contributed by atoms with E-state index in [2.05, 4.69) is 53.4 Å². The molecule has 1 atom stereocenters. The number of hydrogen-bond donors (Lipinski definition) is 0. The van der Waals surface area contributed by atoms with E-state index < -0.39 is 0 Å². The van der Waals surface area contributed by atoms with Crippen LogP contribution < -0.4 is 0 Å². The number of nitrogens with zero attached hydrogens (tertiary/aromatic N) is 1. The molecule has 0 bridgehead atoms. The lowest BCUT2D eigenvalue weighted by Gasteiger charge is -2.40. The minimum atomic E-state index is 0.660. The largest absolute Gasteiger partial charge is 0.295 e. The molecule has 0 aromatic carbocycles. The van der Waals surface area contributed by atoms with Crippen molar-refractivity contribution in [3.63, 3.8) is 0 Å². The molecule has 0 saturated heterocycles. The van der Waals surface area contributed by atoms with Gasteiger partial charge in [-0.3, -0.25) is 4.90 Å². The summed E-state index contributed by atoms with van der Waals surface area (Å²) in [6.07, 6.45) is 1.26. The smallest absolute Gasteiger partial charge is 0.0121 e. The fourth-order valence-corrected chi connectivity index (χ4v) is 2.39. The normalized spacial score (nSPS) is 15.0. The Labute approximate surface area is 84.5 Å². The van der Waals surface area contributed by atoms with E-state index in [1.165, 1.54) is 6.42 Å². The molecule has 0 aromatic heterocycles. The van der Waals surface area contributed by atoms with Crippen molar-refractivity contribution in [1.82, 2.24) is 4.90 Å². The van der Waals surface area contributed by atoms with Crippen LogP contribution in [0.25, 0.3) is 0 Å². The molecule has 0 aliphatic heterocycles. The molecule has 0 aliphatic carbocycles. The Kier molecular flexibility index (Phi) is 5.62. The van der Waals surface area contributed by atoms with Crippen LogP contribution in [0.2, 0.25) is 0 Å². The lowest BCUT2D eigenvalue weighted by atomic mass is 9.97. The van der Waals surface area contributed by atoms with Crippen LogP contribution in [-0.4, -0.2) is 23.0 Å². The third-order valence-corrected chi connectivity index (χ3v) is 2.76. The summed E-state index contributed by atoms with van der Waals surface area (Å²) >= 11 is 0. The first-order valence-corrected chi connectivity index (χ1v) is 5.69. The molecule has 80 valence electrons. The van der Waals surface area contributed by atoms with Gasteiger partial charge in [0.15, 0.2) is 0 Å². The van der Waals surface area contributed by atoms with E-state index in [4.69, 9.17) is 0 Å². The van der Waals surface area contributed by atoms with E-state index in [0.29, 0.717) is 12.1 Å². The molecule has 0 fully saturated rings. The molecular formula is C12H27N. The molecule has 0 spiro atoms. The van der Waals surface area contributed by atoms with Gasteiger partial charge in [-0.1, -0.05) is 20.8 Å². The highest BCUT2D eigenvalue weighted by molar-refractivity contribution is 4.78. The Hall–Kier alpha value is -0.0400. The summed E-state index contributed by atoms with van der Waals surface area (Å²) < 4.78 is 0. The molecule has 0 N–H and O–H groups in total. The van der Waals surface area contributed by atoms with Crippen LogP contribution in [0.5, 0.6) is 0 Å². The second-order valence-electron chi connectivity index (χ2n) is 4.85. The highest BCUT2D eigenvalue weighted by atomic mass is 15.2. The summed E-state index contributed by atoms with van der Waals surface area (Å²) in [7, 11) is 0. The molecule has 13 heavy (non-hydrogen) atoms. The first kappa shape index (κ1) is 13.0. The molecule has 1 heteroatoms. The van der Waals surface area contributed by atoms with E-state index >= 15 is 0 Å². The minimum Gasteiger partial charge on any atom is -0.295 e. The van der Waals surface area contributed by atoms with Crippen LogP contribution >= 0.6 is 0 Å². The lowest BCUT2D eigenvalue weighted by molar-refractivity contribution is 0.0799. The molecule has 0 radical (unpaired) electrons. The van der Waals surface area contributed by atoms with Crippen LogP contribution in [0.15, 0.2) is 0 Å². The first-order valence-electron chi connectivity index (χ1n) is 5.69. The molecule has 0 aromatic rings. The highest BCUT2D eigenvalue weighted by Gasteiger charge is 2.24. The molecule has 1 nitrogen and oxygen atoms in total. The maximum absolute atomic E-state index is 2.63. The molecule has 0 saturated carbocycles. The van der Waals surface area contributed by atoms with Crippen molar-refractivity contribution in [2.45, 2.75) is 73.0 Å². The Morgan fingerprint density at radius 3 is 1.31 bits per heavy atom. The molecule has 0 amide bonds. The van der Waals surface area contributed by atoms with Gasteiger partial charge in [-0.15, -0.1) is 0 Å². The van der Waals surface area contributed by atoms with Crippen molar-refractivity contribution in [2.75, 3.05) is 0 Å². The fourth-order valence-electron chi connectivity index (χ4n) is 2.39. The summed E-state index contributed by atoms with van der Waals surface area (Å²) in [5, 5.41) is 0. The van der Waals surface area contributed by atoms with Crippen molar-refractivity contribution < 1.29 is 0 Å². The van der Waals surface area contributed by atoms with E-state index in [0.717, 1.165) is 12.0 Å². The Balaban J connectivity index is 4.49. The molecule has 1 unspecified atom stereocenters. The van der Waals surface area contributed by atoms with Gasteiger partial charge in [0.25, 0.3) is 0 Å². The summed E-state index contributed by atoms with van der Waals surface area (Å²) in [5.74, 6) is 0.759. The van der Waals surface area contributed by atoms with Gasteiger partial charge in [0.05, 0.1) is 0 Å². The van der Waals surface area contributed by atoms with Crippen molar-refractivity contribution in [3.8, 4) is 0 Å². The van der Waals surface area contributed by atoms with Gasteiger partial charge in [-0.25, -0.2) is 0 Å². The third kappa shape index (κ3) is 3.68. The second-order valence-corrected chi connectivity index (χ2v) is 4.85. The Morgan fingerprint density at radius 2 is 1.23 bits per heavy atom. The lowest BCUT2D eigenvalue weighted by Crippen LogP contribution is -2.47. The van der Waals surface area contributed by atoms with Gasteiger partial charge >= 0.3 is 0 Å². The van der Waals surface area contributed by atoms with Gasteiger partial charge in [-0.2, -0.15) is 0 Å². The SMILES string of the molecule is CCC(C(C)C)N(C(C)C)C(C)C. The van der Waals surface area contributed by atoms with Gasteiger partial charge in [0.2, 0.25) is 0 Å². The van der Waals surface area contributed by atoms with Crippen molar-refractivity contribution >= 4 is 0 Å². The van der Waals surface area contributed by atoms with Crippen LogP contribution in [0.3, 0.4) is 0 Å². The van der Waals surface area contributed by atoms with E-state index in [9.17, 15) is 0 Å². The van der Waals surface area contributed by atoms with Crippen LogP contribution in [0, 0.1) is 5.92 Å². The first-order chi connectivity index (χ1) is 5.91. The van der Waals surface area contributed by atoms with Crippen LogP contribution in [0.1, 0.15) is 54.9 Å². The number of hydrogen-bond acceptors (Lipinski definition) is 1. The zero-order valence-corrected chi connectivity index (χ0v) is 10.5. The summed E-state index contributed by atoms with van der Waals surface area (Å²) in [6, 6.07) is 2.06. The number of rotatable bonds is 5. The quantitative estimate of drug-likeness (QED) is 0.633. The maximum Gasteiger partial charge on any atom is 0.0121 e. The zero-order valence-electron chi connectivity index (χ0n) is 10.5. The zero-order chi connectivity index (χ0) is 10.6. The minimum absolute atomic E-state index is 0.660. The Morgan fingerprint density at radius 1 is 0.846 bits per heavy atom. The third-order valence-electron chi connectivity index (χ3n) is 2.76. The predicted octanol–water partition coefficient (Wildman–Crippen LogP) is 3.54. The highest BCUT2D eigenvalue weighted by Crippen LogP contribution is 2.19. The fraction of sp³-hybridized carbons (Fsp3) is 1.00. The average molecular weight is 185 g/mol. The Bertz CT molecular complexity index is 119. The van der Waals surface area contributed by atoms with Crippen molar-refractivity contribution in [1.29, 1.82) is 0 Å². The van der Waals surface area contributed by atoms with Gasteiger partial charge in [-0.05, 0) is 40.0 Å². The second kappa shape index (κ2) is 5.64. The van der Waals surface area contributed by atoms with Gasteiger partial charge in [0.1, 0.15) is 0 Å². The average Bonchev–Trinajstić information content (AvgIpc) is 1.97.